The maximum absolute atomic E-state index is 12.9. The van der Waals surface area contributed by atoms with Gasteiger partial charge < -0.3 is 25.2 Å². The van der Waals surface area contributed by atoms with Crippen molar-refractivity contribution < 1.29 is 23.9 Å². The molecular formula is C22H29N3O5. The Hall–Kier alpha value is -3.00. The summed E-state index contributed by atoms with van der Waals surface area (Å²) < 4.78 is 10.9. The molecule has 0 fully saturated rings. The summed E-state index contributed by atoms with van der Waals surface area (Å²) in [5, 5.41) is 10.7. The van der Waals surface area contributed by atoms with Gasteiger partial charge in [0, 0.05) is 36.5 Å². The Morgan fingerprint density at radius 1 is 1.23 bits per heavy atom. The molecule has 2 atom stereocenters. The molecule has 0 aliphatic carbocycles. The first-order valence-corrected chi connectivity index (χ1v) is 10.1. The van der Waals surface area contributed by atoms with Gasteiger partial charge in [0.1, 0.15) is 12.1 Å². The lowest BCUT2D eigenvalue weighted by molar-refractivity contribution is -0.153. The summed E-state index contributed by atoms with van der Waals surface area (Å²) in [5.74, 6) is -1.49. The molecule has 0 bridgehead atoms. The molecule has 2 rings (SSSR count). The van der Waals surface area contributed by atoms with Crippen LogP contribution in [0.25, 0.3) is 10.9 Å². The molecule has 1 aromatic heterocycles. The molecule has 162 valence electrons. The Morgan fingerprint density at radius 2 is 1.97 bits per heavy atom. The van der Waals surface area contributed by atoms with E-state index < -0.39 is 29.8 Å². The highest BCUT2D eigenvalue weighted by molar-refractivity contribution is 6.26. The van der Waals surface area contributed by atoms with E-state index in [9.17, 15) is 14.4 Å². The molecule has 0 aliphatic rings. The molecule has 30 heavy (non-hydrogen) atoms. The zero-order valence-electron chi connectivity index (χ0n) is 17.6. The third-order valence-electron chi connectivity index (χ3n) is 4.53. The van der Waals surface area contributed by atoms with Crippen molar-refractivity contribution in [2.24, 2.45) is 0 Å². The lowest BCUT2D eigenvalue weighted by atomic mass is 10.0. The lowest BCUT2D eigenvalue weighted by Crippen LogP contribution is -2.48. The van der Waals surface area contributed by atoms with Gasteiger partial charge in [0.2, 0.25) is 5.91 Å². The fraction of sp³-hybridized carbons (Fsp3) is 0.455. The molecule has 0 saturated carbocycles. The van der Waals surface area contributed by atoms with Crippen LogP contribution in [0.4, 0.5) is 0 Å². The smallest absolute Gasteiger partial charge is 0.328 e. The van der Waals surface area contributed by atoms with Crippen LogP contribution >= 0.6 is 0 Å². The molecule has 2 aromatic rings. The summed E-state index contributed by atoms with van der Waals surface area (Å²) in [5.41, 5.74) is 1.89. The molecule has 1 aromatic carbocycles. The van der Waals surface area contributed by atoms with Crippen LogP contribution in [0, 0.1) is 5.41 Å². The molecule has 0 spiro atoms. The van der Waals surface area contributed by atoms with Crippen LogP contribution < -0.4 is 5.32 Å². The predicted octanol–water partition coefficient (Wildman–Crippen LogP) is 2.55. The highest BCUT2D eigenvalue weighted by Gasteiger charge is 2.28. The number of esters is 1. The largest absolute Gasteiger partial charge is 0.461 e. The van der Waals surface area contributed by atoms with Crippen LogP contribution in [0.1, 0.15) is 39.2 Å². The molecule has 0 aliphatic heterocycles. The number of ether oxygens (including phenoxy) is 2. The SMILES string of the molecule is CCO[C@@H](Cc1c[nH]c2ccccc12)C(=O)N[C@@H](CCC(=O)C=N)C(=O)OC(C)C. The van der Waals surface area contributed by atoms with Crippen LogP contribution in [0.5, 0.6) is 0 Å². The molecular weight excluding hydrogens is 386 g/mol. The van der Waals surface area contributed by atoms with E-state index in [1.807, 2.05) is 30.5 Å². The number of fused-ring (bicyclic) bond motifs is 1. The third-order valence-corrected chi connectivity index (χ3v) is 4.53. The molecule has 0 saturated heterocycles. The van der Waals surface area contributed by atoms with Crippen molar-refractivity contribution in [1.29, 1.82) is 5.41 Å². The molecule has 1 amide bonds. The number of rotatable bonds is 12. The van der Waals surface area contributed by atoms with Crippen molar-refractivity contribution in [1.82, 2.24) is 10.3 Å². The number of nitrogens with one attached hydrogen (secondary N) is 3. The quantitative estimate of drug-likeness (QED) is 0.363. The molecule has 0 radical (unpaired) electrons. The van der Waals surface area contributed by atoms with Gasteiger partial charge in [0.05, 0.1) is 12.3 Å². The zero-order valence-corrected chi connectivity index (χ0v) is 17.6. The molecule has 8 heteroatoms. The van der Waals surface area contributed by atoms with Gasteiger partial charge in [-0.2, -0.15) is 0 Å². The van der Waals surface area contributed by atoms with Crippen LogP contribution in [-0.2, 0) is 30.3 Å². The van der Waals surface area contributed by atoms with Gasteiger partial charge in [0.25, 0.3) is 0 Å². The zero-order chi connectivity index (χ0) is 22.1. The topological polar surface area (TPSA) is 121 Å². The number of aromatic amines is 1. The first kappa shape index (κ1) is 23.3. The van der Waals surface area contributed by atoms with E-state index in [0.29, 0.717) is 19.2 Å². The number of hydrogen-bond acceptors (Lipinski definition) is 6. The molecule has 0 unspecified atom stereocenters. The number of carbonyl (C=O) groups is 3. The molecule has 1 heterocycles. The lowest BCUT2D eigenvalue weighted by Gasteiger charge is -2.22. The van der Waals surface area contributed by atoms with Gasteiger partial charge in [-0.25, -0.2) is 4.79 Å². The van der Waals surface area contributed by atoms with Gasteiger partial charge in [-0.15, -0.1) is 0 Å². The van der Waals surface area contributed by atoms with Crippen molar-refractivity contribution >= 4 is 34.8 Å². The van der Waals surface area contributed by atoms with E-state index in [4.69, 9.17) is 14.9 Å². The van der Waals surface area contributed by atoms with E-state index in [-0.39, 0.29) is 18.9 Å². The standard InChI is InChI=1S/C22H29N3O5/c1-4-29-20(11-15-13-24-18-8-6-5-7-17(15)18)21(27)25-19(10-9-16(26)12-23)22(28)30-14(2)3/h5-8,12-14,19-20,23-24H,4,9-11H2,1-3H3,(H,25,27)/t19-,20-/m0/s1. The van der Waals surface area contributed by atoms with Gasteiger partial charge in [-0.3, -0.25) is 9.59 Å². The fourth-order valence-electron chi connectivity index (χ4n) is 3.12. The minimum Gasteiger partial charge on any atom is -0.461 e. The summed E-state index contributed by atoms with van der Waals surface area (Å²) in [6.07, 6.45) is 1.73. The van der Waals surface area contributed by atoms with Crippen LogP contribution in [0.15, 0.2) is 30.5 Å². The van der Waals surface area contributed by atoms with Crippen molar-refractivity contribution in [3.8, 4) is 0 Å². The van der Waals surface area contributed by atoms with E-state index in [1.54, 1.807) is 20.8 Å². The number of H-pyrrole nitrogens is 1. The Bertz CT molecular complexity index is 890. The highest BCUT2D eigenvalue weighted by atomic mass is 16.5. The number of benzene rings is 1. The Kier molecular flexibility index (Phi) is 8.73. The minimum absolute atomic E-state index is 0.0383. The van der Waals surface area contributed by atoms with Gasteiger partial charge in [-0.05, 0) is 38.8 Å². The van der Waals surface area contributed by atoms with Crippen molar-refractivity contribution in [3.05, 3.63) is 36.0 Å². The molecule has 8 nitrogen and oxygen atoms in total. The second-order valence-corrected chi connectivity index (χ2v) is 7.20. The monoisotopic (exact) mass is 415 g/mol. The highest BCUT2D eigenvalue weighted by Crippen LogP contribution is 2.20. The Labute approximate surface area is 175 Å². The van der Waals surface area contributed by atoms with Gasteiger partial charge >= 0.3 is 5.97 Å². The van der Waals surface area contributed by atoms with Crippen molar-refractivity contribution in [3.63, 3.8) is 0 Å². The number of Topliss-reactive ketones (excluding diaryl/α,β-unsaturated/α-hetero) is 1. The van der Waals surface area contributed by atoms with Crippen LogP contribution in [-0.4, -0.2) is 53.7 Å². The van der Waals surface area contributed by atoms with Crippen molar-refractivity contribution in [2.45, 2.75) is 58.3 Å². The van der Waals surface area contributed by atoms with Crippen LogP contribution in [0.2, 0.25) is 0 Å². The normalized spacial score (nSPS) is 13.1. The number of ketones is 1. The second-order valence-electron chi connectivity index (χ2n) is 7.20. The van der Waals surface area contributed by atoms with Gasteiger partial charge in [-0.1, -0.05) is 18.2 Å². The number of aromatic nitrogens is 1. The summed E-state index contributed by atoms with van der Waals surface area (Å²) in [4.78, 5) is 40.0. The maximum atomic E-state index is 12.9. The summed E-state index contributed by atoms with van der Waals surface area (Å²) >= 11 is 0. The van der Waals surface area contributed by atoms with E-state index in [1.165, 1.54) is 0 Å². The number of hydrogen-bond donors (Lipinski definition) is 3. The average molecular weight is 415 g/mol. The Morgan fingerprint density at radius 3 is 2.63 bits per heavy atom. The first-order valence-electron chi connectivity index (χ1n) is 10.1. The van der Waals surface area contributed by atoms with Crippen LogP contribution in [0.3, 0.4) is 0 Å². The fourth-order valence-corrected chi connectivity index (χ4v) is 3.12. The predicted molar refractivity (Wildman–Crippen MR) is 114 cm³/mol. The summed E-state index contributed by atoms with van der Waals surface area (Å²) in [6, 6.07) is 6.78. The number of carbonyl (C=O) groups excluding carboxylic acids is 3. The average Bonchev–Trinajstić information content (AvgIpc) is 3.12. The third kappa shape index (κ3) is 6.52. The van der Waals surface area contributed by atoms with E-state index >= 15 is 0 Å². The number of para-hydroxylation sites is 1. The van der Waals surface area contributed by atoms with Gasteiger partial charge in [0.15, 0.2) is 5.78 Å². The summed E-state index contributed by atoms with van der Waals surface area (Å²) in [6.45, 7) is 5.54. The number of amides is 1. The first-order chi connectivity index (χ1) is 14.3. The Balaban J connectivity index is 2.14. The van der Waals surface area contributed by atoms with Crippen molar-refractivity contribution in [2.75, 3.05) is 6.61 Å². The second kappa shape index (κ2) is 11.3. The van der Waals surface area contributed by atoms with E-state index in [0.717, 1.165) is 16.5 Å². The maximum Gasteiger partial charge on any atom is 0.328 e. The molecule has 3 N–H and O–H groups in total. The van der Waals surface area contributed by atoms with E-state index in [2.05, 4.69) is 10.3 Å². The summed E-state index contributed by atoms with van der Waals surface area (Å²) in [7, 11) is 0. The minimum atomic E-state index is -0.991.